The van der Waals surface area contributed by atoms with Crippen LogP contribution in [0.5, 0.6) is 11.5 Å². The molecule has 1 aromatic heterocycles. The monoisotopic (exact) mass is 427 g/mol. The summed E-state index contributed by atoms with van der Waals surface area (Å²) >= 11 is 1.67. The van der Waals surface area contributed by atoms with Crippen molar-refractivity contribution in [1.29, 1.82) is 0 Å². The van der Waals surface area contributed by atoms with Gasteiger partial charge in [0, 0.05) is 19.3 Å². The van der Waals surface area contributed by atoms with Crippen LogP contribution in [0.15, 0.2) is 47.6 Å². The molecule has 1 N–H and O–H groups in total. The number of thioether (sulfide) groups is 1. The summed E-state index contributed by atoms with van der Waals surface area (Å²) in [5, 5.41) is 15.8. The molecule has 30 heavy (non-hydrogen) atoms. The van der Waals surface area contributed by atoms with Gasteiger partial charge in [0.1, 0.15) is 6.61 Å². The second-order valence-corrected chi connectivity index (χ2v) is 7.96. The SMILES string of the molecule is CCOc1cc(CNCCCSc2nnnn2C)ccc1OCc1ccccc1C. The van der Waals surface area contributed by atoms with Crippen molar-refractivity contribution in [2.24, 2.45) is 7.05 Å². The molecule has 0 aliphatic heterocycles. The van der Waals surface area contributed by atoms with Crippen LogP contribution >= 0.6 is 11.8 Å². The predicted molar refractivity (Wildman–Crippen MR) is 119 cm³/mol. The average Bonchev–Trinajstić information content (AvgIpc) is 3.16. The van der Waals surface area contributed by atoms with E-state index in [2.05, 4.69) is 52.0 Å². The van der Waals surface area contributed by atoms with Gasteiger partial charge in [0.2, 0.25) is 5.16 Å². The zero-order valence-electron chi connectivity index (χ0n) is 17.8. The molecular formula is C22H29N5O2S. The molecule has 0 amide bonds. The van der Waals surface area contributed by atoms with Crippen LogP contribution < -0.4 is 14.8 Å². The quantitative estimate of drug-likeness (QED) is 0.348. The standard InChI is InChI=1S/C22H29N5O2S/c1-4-28-21-14-18(15-23-12-7-13-30-22-24-25-26-27(22)3)10-11-20(21)29-16-19-9-6-5-8-17(19)2/h5-6,8-11,14,23H,4,7,12-13,15-16H2,1-3H3. The van der Waals surface area contributed by atoms with Gasteiger partial charge in [-0.15, -0.1) is 5.10 Å². The molecule has 3 rings (SSSR count). The molecule has 0 aliphatic rings. The van der Waals surface area contributed by atoms with E-state index < -0.39 is 0 Å². The number of aryl methyl sites for hydroxylation is 2. The topological polar surface area (TPSA) is 74.1 Å². The number of tetrazole rings is 1. The second-order valence-electron chi connectivity index (χ2n) is 6.89. The summed E-state index contributed by atoms with van der Waals surface area (Å²) in [5.74, 6) is 2.53. The molecule has 0 atom stereocenters. The van der Waals surface area contributed by atoms with Crippen molar-refractivity contribution in [3.8, 4) is 11.5 Å². The molecule has 0 radical (unpaired) electrons. The fraction of sp³-hybridized carbons (Fsp3) is 0.409. The fourth-order valence-electron chi connectivity index (χ4n) is 2.91. The van der Waals surface area contributed by atoms with E-state index in [0.29, 0.717) is 13.2 Å². The zero-order chi connectivity index (χ0) is 21.2. The molecule has 7 nitrogen and oxygen atoms in total. The van der Waals surface area contributed by atoms with Crippen molar-refractivity contribution in [2.75, 3.05) is 18.9 Å². The van der Waals surface area contributed by atoms with Gasteiger partial charge in [0.25, 0.3) is 0 Å². The maximum absolute atomic E-state index is 6.05. The molecule has 0 spiro atoms. The van der Waals surface area contributed by atoms with Gasteiger partial charge in [0.15, 0.2) is 11.5 Å². The number of nitrogens with zero attached hydrogens (tertiary/aromatic N) is 4. The fourth-order valence-corrected chi connectivity index (χ4v) is 3.70. The maximum Gasteiger partial charge on any atom is 0.209 e. The molecule has 1 heterocycles. The number of hydrogen-bond donors (Lipinski definition) is 1. The number of ether oxygens (including phenoxy) is 2. The number of benzene rings is 2. The van der Waals surface area contributed by atoms with Gasteiger partial charge < -0.3 is 14.8 Å². The Morgan fingerprint density at radius 3 is 2.73 bits per heavy atom. The lowest BCUT2D eigenvalue weighted by Gasteiger charge is -2.14. The number of hydrogen-bond acceptors (Lipinski definition) is 7. The first-order valence-corrected chi connectivity index (χ1v) is 11.1. The molecular weight excluding hydrogens is 398 g/mol. The highest BCUT2D eigenvalue weighted by Gasteiger charge is 2.08. The van der Waals surface area contributed by atoms with Crippen LogP contribution in [-0.4, -0.2) is 39.1 Å². The minimum Gasteiger partial charge on any atom is -0.490 e. The lowest BCUT2D eigenvalue weighted by Crippen LogP contribution is -2.15. The number of nitrogens with one attached hydrogen (secondary N) is 1. The van der Waals surface area contributed by atoms with Gasteiger partial charge in [-0.1, -0.05) is 42.1 Å². The summed E-state index contributed by atoms with van der Waals surface area (Å²) in [7, 11) is 1.85. The Labute approximate surface area is 182 Å². The minimum absolute atomic E-state index is 0.531. The first-order valence-electron chi connectivity index (χ1n) is 10.2. The van der Waals surface area contributed by atoms with Crippen LogP contribution in [-0.2, 0) is 20.2 Å². The third-order valence-electron chi connectivity index (χ3n) is 4.59. The Hall–Kier alpha value is -2.58. The van der Waals surface area contributed by atoms with E-state index >= 15 is 0 Å². The molecule has 0 fully saturated rings. The van der Waals surface area contributed by atoms with E-state index in [1.165, 1.54) is 16.7 Å². The van der Waals surface area contributed by atoms with Gasteiger partial charge >= 0.3 is 0 Å². The molecule has 0 saturated heterocycles. The van der Waals surface area contributed by atoms with Crippen molar-refractivity contribution >= 4 is 11.8 Å². The predicted octanol–water partition coefficient (Wildman–Crippen LogP) is 3.77. The molecule has 160 valence electrons. The van der Waals surface area contributed by atoms with Crippen LogP contribution in [0.1, 0.15) is 30.0 Å². The van der Waals surface area contributed by atoms with Crippen LogP contribution in [0.4, 0.5) is 0 Å². The van der Waals surface area contributed by atoms with E-state index in [4.69, 9.17) is 9.47 Å². The van der Waals surface area contributed by atoms with Crippen LogP contribution in [0.25, 0.3) is 0 Å². The zero-order valence-corrected chi connectivity index (χ0v) is 18.6. The third kappa shape index (κ3) is 6.47. The summed E-state index contributed by atoms with van der Waals surface area (Å²) in [4.78, 5) is 0. The minimum atomic E-state index is 0.531. The van der Waals surface area contributed by atoms with E-state index in [1.54, 1.807) is 16.4 Å². The Morgan fingerprint density at radius 1 is 1.10 bits per heavy atom. The summed E-state index contributed by atoms with van der Waals surface area (Å²) in [6.07, 6.45) is 1.04. The van der Waals surface area contributed by atoms with Gasteiger partial charge in [0.05, 0.1) is 6.61 Å². The second kappa shape index (κ2) is 11.6. The average molecular weight is 428 g/mol. The van der Waals surface area contributed by atoms with E-state index in [1.807, 2.05) is 32.2 Å². The first kappa shape index (κ1) is 22.1. The van der Waals surface area contributed by atoms with Crippen LogP contribution in [0, 0.1) is 6.92 Å². The highest BCUT2D eigenvalue weighted by Crippen LogP contribution is 2.29. The lowest BCUT2D eigenvalue weighted by atomic mass is 10.1. The van der Waals surface area contributed by atoms with Gasteiger partial charge in [-0.2, -0.15) is 0 Å². The highest BCUT2D eigenvalue weighted by atomic mass is 32.2. The molecule has 0 unspecified atom stereocenters. The molecule has 0 aliphatic carbocycles. The van der Waals surface area contributed by atoms with E-state index in [9.17, 15) is 0 Å². The smallest absolute Gasteiger partial charge is 0.209 e. The Kier molecular flexibility index (Phi) is 8.53. The highest BCUT2D eigenvalue weighted by molar-refractivity contribution is 7.99. The van der Waals surface area contributed by atoms with Gasteiger partial charge in [-0.25, -0.2) is 4.68 Å². The van der Waals surface area contributed by atoms with Crippen molar-refractivity contribution in [3.05, 3.63) is 59.2 Å². The third-order valence-corrected chi connectivity index (χ3v) is 5.69. The summed E-state index contributed by atoms with van der Waals surface area (Å²) in [5.41, 5.74) is 3.58. The van der Waals surface area contributed by atoms with Crippen LogP contribution in [0.3, 0.4) is 0 Å². The van der Waals surface area contributed by atoms with Crippen molar-refractivity contribution in [1.82, 2.24) is 25.5 Å². The lowest BCUT2D eigenvalue weighted by molar-refractivity contribution is 0.268. The number of aromatic nitrogens is 4. The van der Waals surface area contributed by atoms with Gasteiger partial charge in [-0.3, -0.25) is 0 Å². The summed E-state index contributed by atoms with van der Waals surface area (Å²) in [6, 6.07) is 14.4. The van der Waals surface area contributed by atoms with Crippen LogP contribution in [0.2, 0.25) is 0 Å². The van der Waals surface area contributed by atoms with Gasteiger partial charge in [-0.05, 0) is 66.1 Å². The molecule has 0 saturated carbocycles. The molecule has 2 aromatic carbocycles. The Bertz CT molecular complexity index is 931. The van der Waals surface area contributed by atoms with E-state index in [0.717, 1.165) is 41.9 Å². The molecule has 3 aromatic rings. The maximum atomic E-state index is 6.05. The van der Waals surface area contributed by atoms with Crippen molar-refractivity contribution in [3.63, 3.8) is 0 Å². The normalized spacial score (nSPS) is 10.9. The summed E-state index contributed by atoms with van der Waals surface area (Å²) in [6.45, 7) is 6.93. The first-order chi connectivity index (χ1) is 14.7. The molecule has 0 bridgehead atoms. The molecule has 8 heteroatoms. The summed E-state index contributed by atoms with van der Waals surface area (Å²) < 4.78 is 13.6. The Balaban J connectivity index is 1.46. The van der Waals surface area contributed by atoms with Crippen molar-refractivity contribution in [2.45, 2.75) is 38.6 Å². The van der Waals surface area contributed by atoms with Crippen molar-refractivity contribution < 1.29 is 9.47 Å². The van der Waals surface area contributed by atoms with E-state index in [-0.39, 0.29) is 0 Å². The largest absolute Gasteiger partial charge is 0.490 e. The Morgan fingerprint density at radius 2 is 1.97 bits per heavy atom. The number of rotatable bonds is 12.